The number of hydrogen-bond donors (Lipinski definition) is 0. The molecule has 0 bridgehead atoms. The van der Waals surface area contributed by atoms with Gasteiger partial charge >= 0.3 is 0 Å². The third-order valence-corrected chi connectivity index (χ3v) is 7.70. The van der Waals surface area contributed by atoms with E-state index >= 15 is 0 Å². The van der Waals surface area contributed by atoms with Gasteiger partial charge in [-0.15, -0.1) is 10.2 Å². The van der Waals surface area contributed by atoms with E-state index in [0.29, 0.717) is 35.9 Å². The number of aromatic nitrogens is 2. The Bertz CT molecular complexity index is 1050. The molecule has 2 aromatic rings. The largest absolute Gasteiger partial charge is 0.416 e. The van der Waals surface area contributed by atoms with Gasteiger partial charge in [0.05, 0.1) is 23.7 Å². The van der Waals surface area contributed by atoms with Crippen LogP contribution in [-0.4, -0.2) is 54.6 Å². The zero-order valence-corrected chi connectivity index (χ0v) is 16.9. The summed E-state index contributed by atoms with van der Waals surface area (Å²) in [6, 6.07) is 5.27. The van der Waals surface area contributed by atoms with Crippen LogP contribution < -0.4 is 4.90 Å². The quantitative estimate of drug-likeness (QED) is 0.510. The average Bonchev–Trinajstić information content (AvgIpc) is 3.31. The minimum atomic E-state index is -2.94. The minimum absolute atomic E-state index is 0.0113. The van der Waals surface area contributed by atoms with Gasteiger partial charge in [-0.3, -0.25) is 9.59 Å². The van der Waals surface area contributed by atoms with Crippen LogP contribution in [0.1, 0.15) is 28.2 Å². The first-order valence-electron chi connectivity index (χ1n) is 8.89. The van der Waals surface area contributed by atoms with Crippen molar-refractivity contribution >= 4 is 39.0 Å². The average molecular weight is 422 g/mol. The maximum Gasteiger partial charge on any atom is 0.277 e. The van der Waals surface area contributed by atoms with Crippen molar-refractivity contribution < 1.29 is 22.4 Å². The van der Waals surface area contributed by atoms with Crippen LogP contribution in [0.3, 0.4) is 0 Å². The van der Waals surface area contributed by atoms with E-state index in [2.05, 4.69) is 10.2 Å². The number of rotatable bonds is 6. The molecule has 1 amide bonds. The molecule has 2 aliphatic rings. The fourth-order valence-electron chi connectivity index (χ4n) is 3.51. The first-order chi connectivity index (χ1) is 13.3. The Morgan fingerprint density at radius 3 is 2.93 bits per heavy atom. The van der Waals surface area contributed by atoms with Crippen molar-refractivity contribution in [3.05, 3.63) is 35.2 Å². The Morgan fingerprint density at radius 1 is 1.36 bits per heavy atom. The molecule has 3 heterocycles. The number of carbonyl (C=O) groups is 2. The number of thioether (sulfide) groups is 1. The number of fused-ring (bicyclic) bond motifs is 1. The third kappa shape index (κ3) is 3.97. The number of anilines is 1. The predicted molar refractivity (Wildman–Crippen MR) is 103 cm³/mol. The van der Waals surface area contributed by atoms with Crippen LogP contribution in [0.15, 0.2) is 27.8 Å². The lowest BCUT2D eigenvalue weighted by molar-refractivity contribution is -0.117. The van der Waals surface area contributed by atoms with Crippen molar-refractivity contribution in [3.8, 4) is 0 Å². The lowest BCUT2D eigenvalue weighted by Gasteiger charge is -2.10. The molecule has 28 heavy (non-hydrogen) atoms. The molecule has 0 aliphatic carbocycles. The van der Waals surface area contributed by atoms with Gasteiger partial charge in [-0.2, -0.15) is 0 Å². The first kappa shape index (κ1) is 19.1. The third-order valence-electron chi connectivity index (χ3n) is 5.04. The van der Waals surface area contributed by atoms with Crippen molar-refractivity contribution in [1.82, 2.24) is 10.2 Å². The molecule has 4 rings (SSSR count). The molecule has 1 saturated heterocycles. The number of Topliss-reactive ketones (excluding diaryl/α,β-unsaturated/α-hetero) is 1. The van der Waals surface area contributed by atoms with E-state index < -0.39 is 9.84 Å². The topological polar surface area (TPSA) is 110 Å². The van der Waals surface area contributed by atoms with Gasteiger partial charge in [0.2, 0.25) is 11.8 Å². The van der Waals surface area contributed by atoms with E-state index in [0.717, 1.165) is 23.0 Å². The highest BCUT2D eigenvalue weighted by atomic mass is 32.2. The van der Waals surface area contributed by atoms with E-state index in [1.165, 1.54) is 0 Å². The Balaban J connectivity index is 1.34. The molecule has 8 nitrogen and oxygen atoms in total. The highest BCUT2D eigenvalue weighted by molar-refractivity contribution is 7.99. The zero-order chi connectivity index (χ0) is 19.9. The van der Waals surface area contributed by atoms with Crippen LogP contribution in [0.4, 0.5) is 5.69 Å². The van der Waals surface area contributed by atoms with Crippen LogP contribution in [0.5, 0.6) is 0 Å². The lowest BCUT2D eigenvalue weighted by atomic mass is 10.1. The molecule has 0 N–H and O–H groups in total. The molecule has 1 aromatic carbocycles. The number of benzene rings is 1. The van der Waals surface area contributed by atoms with Gasteiger partial charge in [-0.05, 0) is 36.1 Å². The van der Waals surface area contributed by atoms with Crippen molar-refractivity contribution in [2.45, 2.75) is 24.5 Å². The number of amides is 1. The van der Waals surface area contributed by atoms with Crippen LogP contribution in [-0.2, 0) is 27.5 Å². The van der Waals surface area contributed by atoms with Gasteiger partial charge < -0.3 is 9.32 Å². The second-order valence-corrected chi connectivity index (χ2v) is 10.3. The molecule has 1 fully saturated rings. The van der Waals surface area contributed by atoms with Crippen molar-refractivity contribution in [3.63, 3.8) is 0 Å². The van der Waals surface area contributed by atoms with E-state index in [4.69, 9.17) is 4.42 Å². The standard InChI is InChI=1S/C18H19N3O5S2/c1-21-14-3-2-12(7-13(14)8-17(21)23)15(22)9-27-18-20-19-16(26-18)6-11-4-5-28(24,25)10-11/h2-3,7,11H,4-6,8-10H2,1H3. The predicted octanol–water partition coefficient (Wildman–Crippen LogP) is 1.54. The Hall–Kier alpha value is -2.20. The van der Waals surface area contributed by atoms with Gasteiger partial charge in [0.15, 0.2) is 15.6 Å². The SMILES string of the molecule is CN1C(=O)Cc2cc(C(=O)CSc3nnc(CC4CCS(=O)(=O)C4)o3)ccc21. The fraction of sp³-hybridized carbons (Fsp3) is 0.444. The summed E-state index contributed by atoms with van der Waals surface area (Å²) in [6.07, 6.45) is 1.36. The van der Waals surface area contributed by atoms with E-state index in [1.54, 1.807) is 30.1 Å². The van der Waals surface area contributed by atoms with Gasteiger partial charge in [-0.25, -0.2) is 8.42 Å². The molecule has 1 atom stereocenters. The van der Waals surface area contributed by atoms with Gasteiger partial charge in [0.25, 0.3) is 5.22 Å². The summed E-state index contributed by atoms with van der Waals surface area (Å²) in [6.45, 7) is 0. The van der Waals surface area contributed by atoms with E-state index in [-0.39, 0.29) is 34.9 Å². The molecular formula is C18H19N3O5S2. The summed E-state index contributed by atoms with van der Waals surface area (Å²) >= 11 is 1.15. The van der Waals surface area contributed by atoms with Gasteiger partial charge in [0.1, 0.15) is 0 Å². The molecule has 0 spiro atoms. The number of likely N-dealkylation sites (N-methyl/N-ethyl adjacent to an activating group) is 1. The molecule has 10 heteroatoms. The summed E-state index contributed by atoms with van der Waals surface area (Å²) in [5.74, 6) is 0.852. The number of carbonyl (C=O) groups excluding carboxylic acids is 2. The molecule has 0 saturated carbocycles. The maximum absolute atomic E-state index is 12.5. The first-order valence-corrected chi connectivity index (χ1v) is 11.7. The van der Waals surface area contributed by atoms with Crippen molar-refractivity contribution in [2.24, 2.45) is 5.92 Å². The fourth-order valence-corrected chi connectivity index (χ4v) is 6.05. The molecule has 0 radical (unpaired) electrons. The van der Waals surface area contributed by atoms with Crippen molar-refractivity contribution in [2.75, 3.05) is 29.2 Å². The van der Waals surface area contributed by atoms with E-state index in [9.17, 15) is 18.0 Å². The second kappa shape index (κ2) is 7.32. The zero-order valence-electron chi connectivity index (χ0n) is 15.3. The molecule has 148 valence electrons. The molecular weight excluding hydrogens is 402 g/mol. The summed E-state index contributed by atoms with van der Waals surface area (Å²) in [5.41, 5.74) is 2.24. The van der Waals surface area contributed by atoms with E-state index in [1.807, 2.05) is 0 Å². The maximum atomic E-state index is 12.5. The Kier molecular flexibility index (Phi) is 5.00. The summed E-state index contributed by atoms with van der Waals surface area (Å²) in [4.78, 5) is 25.8. The summed E-state index contributed by atoms with van der Waals surface area (Å²) < 4.78 is 28.6. The smallest absolute Gasteiger partial charge is 0.277 e. The second-order valence-electron chi connectivity index (χ2n) is 7.12. The Labute approximate surface area is 166 Å². The minimum Gasteiger partial charge on any atom is -0.416 e. The molecule has 1 aromatic heterocycles. The number of sulfone groups is 1. The monoisotopic (exact) mass is 421 g/mol. The lowest BCUT2D eigenvalue weighted by Crippen LogP contribution is -2.20. The van der Waals surface area contributed by atoms with Crippen molar-refractivity contribution in [1.29, 1.82) is 0 Å². The Morgan fingerprint density at radius 2 is 2.18 bits per heavy atom. The van der Waals surface area contributed by atoms with Crippen LogP contribution in [0.2, 0.25) is 0 Å². The normalized spacial score (nSPS) is 20.5. The number of hydrogen-bond acceptors (Lipinski definition) is 8. The molecule has 1 unspecified atom stereocenters. The highest BCUT2D eigenvalue weighted by Crippen LogP contribution is 2.29. The van der Waals surface area contributed by atoms with Crippen LogP contribution >= 0.6 is 11.8 Å². The highest BCUT2D eigenvalue weighted by Gasteiger charge is 2.29. The van der Waals surface area contributed by atoms with Gasteiger partial charge in [0, 0.05) is 24.7 Å². The van der Waals surface area contributed by atoms with Crippen LogP contribution in [0.25, 0.3) is 0 Å². The molecule has 2 aliphatic heterocycles. The summed E-state index contributed by atoms with van der Waals surface area (Å²) in [7, 11) is -1.21. The summed E-state index contributed by atoms with van der Waals surface area (Å²) in [5, 5.41) is 8.18. The van der Waals surface area contributed by atoms with Gasteiger partial charge in [-0.1, -0.05) is 11.8 Å². The van der Waals surface area contributed by atoms with Crippen LogP contribution in [0, 0.1) is 5.92 Å². The number of nitrogens with zero attached hydrogens (tertiary/aromatic N) is 3. The number of ketones is 1.